The molecule has 2 N–H and O–H groups in total. The van der Waals surface area contributed by atoms with Crippen LogP contribution >= 0.6 is 0 Å². The van der Waals surface area contributed by atoms with Crippen molar-refractivity contribution in [2.45, 2.75) is 49.6 Å². The zero-order valence-corrected chi connectivity index (χ0v) is 17.0. The van der Waals surface area contributed by atoms with E-state index in [1.165, 1.54) is 0 Å². The molecule has 0 spiro atoms. The minimum Gasteiger partial charge on any atom is -0.459 e. The van der Waals surface area contributed by atoms with E-state index in [-0.39, 0.29) is 22.9 Å². The van der Waals surface area contributed by atoms with Crippen LogP contribution in [0.25, 0.3) is 11.0 Å². The summed E-state index contributed by atoms with van der Waals surface area (Å²) < 4.78 is 32.8. The number of para-hydroxylation sites is 1. The monoisotopic (exact) mass is 412 g/mol. The molecule has 1 aliphatic rings. The molecular weight excluding hydrogens is 388 g/mol. The normalized spacial score (nSPS) is 15.3. The molecule has 1 unspecified atom stereocenters. The molecule has 0 radical (unpaired) electrons. The van der Waals surface area contributed by atoms with Crippen LogP contribution in [0.4, 0.5) is 0 Å². The first-order valence-corrected chi connectivity index (χ1v) is 11.3. The summed E-state index contributed by atoms with van der Waals surface area (Å²) in [7, 11) is -3.44. The second-order valence-electron chi connectivity index (χ2n) is 7.52. The molecule has 1 fully saturated rings. The highest BCUT2D eigenvalue weighted by Gasteiger charge is 2.27. The van der Waals surface area contributed by atoms with Gasteiger partial charge in [-0.3, -0.25) is 4.79 Å². The Bertz CT molecular complexity index is 1080. The minimum absolute atomic E-state index is 0.0787. The van der Waals surface area contributed by atoms with E-state index in [1.807, 2.05) is 37.3 Å². The maximum Gasteiger partial charge on any atom is 0.240 e. The van der Waals surface area contributed by atoms with Gasteiger partial charge in [-0.25, -0.2) is 13.1 Å². The van der Waals surface area contributed by atoms with Crippen LogP contribution in [0.2, 0.25) is 0 Å². The van der Waals surface area contributed by atoms with Crippen LogP contribution in [0, 0.1) is 0 Å². The highest BCUT2D eigenvalue weighted by molar-refractivity contribution is 7.89. The van der Waals surface area contributed by atoms with Crippen molar-refractivity contribution in [3.63, 3.8) is 0 Å². The van der Waals surface area contributed by atoms with Gasteiger partial charge in [-0.1, -0.05) is 30.3 Å². The smallest absolute Gasteiger partial charge is 0.240 e. The van der Waals surface area contributed by atoms with Crippen molar-refractivity contribution < 1.29 is 17.6 Å². The third kappa shape index (κ3) is 4.86. The van der Waals surface area contributed by atoms with Crippen LogP contribution in [-0.2, 0) is 21.2 Å². The number of amides is 1. The number of hydrogen-bond acceptors (Lipinski definition) is 4. The number of benzene rings is 2. The first kappa shape index (κ1) is 19.7. The fourth-order valence-electron chi connectivity index (χ4n) is 3.18. The quantitative estimate of drug-likeness (QED) is 0.591. The lowest BCUT2D eigenvalue weighted by atomic mass is 10.1. The van der Waals surface area contributed by atoms with Gasteiger partial charge in [-0.15, -0.1) is 0 Å². The highest BCUT2D eigenvalue weighted by atomic mass is 32.2. The van der Waals surface area contributed by atoms with Crippen molar-refractivity contribution in [3.05, 3.63) is 65.9 Å². The first-order chi connectivity index (χ1) is 13.9. The van der Waals surface area contributed by atoms with Gasteiger partial charge in [0.15, 0.2) is 0 Å². The molecule has 0 bridgehead atoms. The van der Waals surface area contributed by atoms with Crippen LogP contribution in [-0.4, -0.2) is 20.4 Å². The van der Waals surface area contributed by atoms with Gasteiger partial charge in [0.2, 0.25) is 15.9 Å². The molecule has 2 aromatic carbocycles. The largest absolute Gasteiger partial charge is 0.459 e. The Morgan fingerprint density at radius 1 is 1.14 bits per heavy atom. The Hall–Kier alpha value is -2.64. The second-order valence-corrected chi connectivity index (χ2v) is 9.23. The Kier molecular flexibility index (Phi) is 5.43. The van der Waals surface area contributed by atoms with Crippen molar-refractivity contribution in [1.82, 2.24) is 10.0 Å². The molecule has 4 rings (SSSR count). The Morgan fingerprint density at radius 3 is 2.55 bits per heavy atom. The van der Waals surface area contributed by atoms with Gasteiger partial charge in [0, 0.05) is 17.8 Å². The molecule has 0 saturated heterocycles. The van der Waals surface area contributed by atoms with E-state index in [1.54, 1.807) is 24.3 Å². The summed E-state index contributed by atoms with van der Waals surface area (Å²) in [6.45, 7) is 1.89. The fraction of sp³-hybridized carbons (Fsp3) is 0.318. The van der Waals surface area contributed by atoms with Crippen molar-refractivity contribution in [2.75, 3.05) is 0 Å². The third-order valence-electron chi connectivity index (χ3n) is 5.02. The van der Waals surface area contributed by atoms with Gasteiger partial charge < -0.3 is 9.73 Å². The van der Waals surface area contributed by atoms with Crippen molar-refractivity contribution in [3.8, 4) is 0 Å². The third-order valence-corrected chi connectivity index (χ3v) is 6.56. The lowest BCUT2D eigenvalue weighted by molar-refractivity contribution is -0.121. The summed E-state index contributed by atoms with van der Waals surface area (Å²) in [5.74, 6) is 0.641. The molecule has 152 valence electrons. The number of carbonyl (C=O) groups excluding carboxylic acids is 1. The Balaban J connectivity index is 1.30. The molecule has 6 nitrogen and oxygen atoms in total. The molecule has 1 atom stereocenters. The van der Waals surface area contributed by atoms with E-state index in [0.29, 0.717) is 12.8 Å². The minimum atomic E-state index is -3.44. The molecule has 1 aliphatic carbocycles. The number of rotatable bonds is 8. The van der Waals surface area contributed by atoms with Crippen LogP contribution < -0.4 is 10.0 Å². The predicted molar refractivity (Wildman–Crippen MR) is 111 cm³/mol. The summed E-state index contributed by atoms with van der Waals surface area (Å²) in [5, 5.41) is 3.96. The zero-order chi connectivity index (χ0) is 20.4. The molecule has 3 aromatic rings. The van der Waals surface area contributed by atoms with Gasteiger partial charge in [0.25, 0.3) is 0 Å². The summed E-state index contributed by atoms with van der Waals surface area (Å²) >= 11 is 0. The summed E-state index contributed by atoms with van der Waals surface area (Å²) in [5.41, 5.74) is 1.72. The number of fused-ring (bicyclic) bond motifs is 1. The van der Waals surface area contributed by atoms with Crippen LogP contribution in [0.5, 0.6) is 0 Å². The van der Waals surface area contributed by atoms with E-state index < -0.39 is 10.0 Å². The number of hydrogen-bond donors (Lipinski definition) is 2. The summed E-state index contributed by atoms with van der Waals surface area (Å²) in [6.07, 6.45) is 2.66. The standard InChI is InChI=1S/C22H24N2O4S/c1-15(21-14-17-4-2-3-5-20(17)28-21)23-22(25)13-8-16-6-11-19(12-7-16)29(26,27)24-18-9-10-18/h2-7,11-12,14-15,18,24H,8-10,13H2,1H3,(H,23,25). The van der Waals surface area contributed by atoms with E-state index >= 15 is 0 Å². The Labute approximate surface area is 170 Å². The molecule has 1 amide bonds. The van der Waals surface area contributed by atoms with E-state index in [2.05, 4.69) is 10.0 Å². The Morgan fingerprint density at radius 2 is 1.86 bits per heavy atom. The van der Waals surface area contributed by atoms with E-state index in [0.717, 1.165) is 35.1 Å². The zero-order valence-electron chi connectivity index (χ0n) is 16.2. The van der Waals surface area contributed by atoms with E-state index in [9.17, 15) is 13.2 Å². The molecule has 1 heterocycles. The van der Waals surface area contributed by atoms with Gasteiger partial charge >= 0.3 is 0 Å². The van der Waals surface area contributed by atoms with Gasteiger partial charge in [-0.2, -0.15) is 0 Å². The molecule has 29 heavy (non-hydrogen) atoms. The average Bonchev–Trinajstić information content (AvgIpc) is 3.39. The maximum absolute atomic E-state index is 12.3. The highest BCUT2D eigenvalue weighted by Crippen LogP contribution is 2.24. The summed E-state index contributed by atoms with van der Waals surface area (Å²) in [4.78, 5) is 12.6. The molecule has 0 aliphatic heterocycles. The van der Waals surface area contributed by atoms with Gasteiger partial charge in [-0.05, 0) is 56.0 Å². The van der Waals surface area contributed by atoms with Crippen molar-refractivity contribution in [1.29, 1.82) is 0 Å². The molecule has 1 saturated carbocycles. The fourth-order valence-corrected chi connectivity index (χ4v) is 4.49. The van der Waals surface area contributed by atoms with E-state index in [4.69, 9.17) is 4.42 Å². The topological polar surface area (TPSA) is 88.4 Å². The molecule has 1 aromatic heterocycles. The lowest BCUT2D eigenvalue weighted by Gasteiger charge is -2.11. The number of aryl methyl sites for hydroxylation is 1. The van der Waals surface area contributed by atoms with Crippen molar-refractivity contribution in [2.24, 2.45) is 0 Å². The van der Waals surface area contributed by atoms with Crippen LogP contribution in [0.15, 0.2) is 63.9 Å². The second kappa shape index (κ2) is 8.00. The SMILES string of the molecule is CC(NC(=O)CCc1ccc(S(=O)(=O)NC2CC2)cc1)c1cc2ccccc2o1. The maximum atomic E-state index is 12.3. The first-order valence-electron chi connectivity index (χ1n) is 9.80. The van der Waals surface area contributed by atoms with Crippen LogP contribution in [0.3, 0.4) is 0 Å². The van der Waals surface area contributed by atoms with Gasteiger partial charge in [0.1, 0.15) is 11.3 Å². The number of nitrogens with one attached hydrogen (secondary N) is 2. The lowest BCUT2D eigenvalue weighted by Crippen LogP contribution is -2.26. The summed E-state index contributed by atoms with van der Waals surface area (Å²) in [6, 6.07) is 16.2. The predicted octanol–water partition coefficient (Wildman–Crippen LogP) is 3.68. The van der Waals surface area contributed by atoms with Gasteiger partial charge in [0.05, 0.1) is 10.9 Å². The van der Waals surface area contributed by atoms with Crippen LogP contribution in [0.1, 0.15) is 43.6 Å². The number of furan rings is 1. The average molecular weight is 413 g/mol. The molecule has 7 heteroatoms. The molecular formula is C22H24N2O4S. The number of carbonyl (C=O) groups is 1. The number of sulfonamides is 1. The van der Waals surface area contributed by atoms with Crippen molar-refractivity contribution >= 4 is 26.9 Å².